The van der Waals surface area contributed by atoms with Gasteiger partial charge in [-0.1, -0.05) is 12.1 Å². The summed E-state index contributed by atoms with van der Waals surface area (Å²) in [4.78, 5) is 14.2. The summed E-state index contributed by atoms with van der Waals surface area (Å²) in [6.45, 7) is 3.28. The molecule has 1 atom stereocenters. The Hall–Kier alpha value is -1.86. The highest BCUT2D eigenvalue weighted by atomic mass is 32.2. The molecule has 1 fully saturated rings. The van der Waals surface area contributed by atoms with Crippen LogP contribution in [-0.4, -0.2) is 63.6 Å². The molecule has 6 nitrogen and oxygen atoms in total. The van der Waals surface area contributed by atoms with E-state index in [1.165, 1.54) is 6.08 Å². The molecular weight excluding hydrogens is 342 g/mol. The first-order valence-corrected chi connectivity index (χ1v) is 10.2. The number of amides is 1. The fourth-order valence-corrected chi connectivity index (χ4v) is 4.52. The van der Waals surface area contributed by atoms with Gasteiger partial charge in [0, 0.05) is 25.8 Å². The van der Waals surface area contributed by atoms with E-state index in [1.54, 1.807) is 18.1 Å². The molecule has 1 saturated heterocycles. The van der Waals surface area contributed by atoms with Crippen molar-refractivity contribution in [1.82, 2.24) is 4.90 Å². The monoisotopic (exact) mass is 367 g/mol. The Balaban J connectivity index is 2.05. The van der Waals surface area contributed by atoms with E-state index in [9.17, 15) is 13.2 Å². The van der Waals surface area contributed by atoms with Crippen LogP contribution in [0.3, 0.4) is 0 Å². The van der Waals surface area contributed by atoms with Crippen molar-refractivity contribution >= 4 is 21.8 Å². The lowest BCUT2D eigenvalue weighted by molar-refractivity contribution is -0.128. The predicted octanol–water partition coefficient (Wildman–Crippen LogP) is 1.76. The van der Waals surface area contributed by atoms with E-state index in [4.69, 9.17) is 9.47 Å². The van der Waals surface area contributed by atoms with Gasteiger partial charge in [-0.05, 0) is 37.1 Å². The van der Waals surface area contributed by atoms with Gasteiger partial charge in [-0.3, -0.25) is 4.79 Å². The van der Waals surface area contributed by atoms with Gasteiger partial charge in [-0.2, -0.15) is 0 Å². The largest absolute Gasteiger partial charge is 0.494 e. The molecule has 0 aliphatic carbocycles. The normalized spacial score (nSPS) is 19.2. The van der Waals surface area contributed by atoms with Crippen LogP contribution in [0.4, 0.5) is 0 Å². The number of hydrogen-bond donors (Lipinski definition) is 0. The zero-order valence-electron chi connectivity index (χ0n) is 14.7. The molecule has 25 heavy (non-hydrogen) atoms. The van der Waals surface area contributed by atoms with Crippen molar-refractivity contribution in [3.05, 3.63) is 35.9 Å². The number of benzene rings is 1. The molecule has 0 spiro atoms. The SMILES string of the molecule is CCOc1ccc(/C=C/C(=O)N(CCOC)[C@H]2CCS(=O)(=O)C2)cc1. The number of methoxy groups -OCH3 is 1. The van der Waals surface area contributed by atoms with Crippen LogP contribution in [0.15, 0.2) is 30.3 Å². The summed E-state index contributed by atoms with van der Waals surface area (Å²) >= 11 is 0. The zero-order valence-corrected chi connectivity index (χ0v) is 15.5. The standard InChI is InChI=1S/C18H25NO5S/c1-3-24-17-7-4-15(5-8-17)6-9-18(20)19(11-12-23-2)16-10-13-25(21,22)14-16/h4-9,16H,3,10-14H2,1-2H3/b9-6+/t16-/m0/s1. The van der Waals surface area contributed by atoms with E-state index in [-0.39, 0.29) is 23.5 Å². The van der Waals surface area contributed by atoms with Crippen LogP contribution in [0, 0.1) is 0 Å². The second-order valence-corrected chi connectivity index (χ2v) is 8.15. The van der Waals surface area contributed by atoms with Crippen LogP contribution >= 0.6 is 0 Å². The minimum atomic E-state index is -3.05. The first-order chi connectivity index (χ1) is 11.9. The fourth-order valence-electron chi connectivity index (χ4n) is 2.79. The number of sulfone groups is 1. The van der Waals surface area contributed by atoms with Crippen molar-refractivity contribution in [3.8, 4) is 5.75 Å². The van der Waals surface area contributed by atoms with E-state index in [2.05, 4.69) is 0 Å². The van der Waals surface area contributed by atoms with E-state index in [1.807, 2.05) is 31.2 Å². The molecule has 0 bridgehead atoms. The van der Waals surface area contributed by atoms with Gasteiger partial charge in [0.2, 0.25) is 5.91 Å². The summed E-state index contributed by atoms with van der Waals surface area (Å²) in [5.41, 5.74) is 0.877. The van der Waals surface area contributed by atoms with E-state index >= 15 is 0 Å². The maximum absolute atomic E-state index is 12.6. The van der Waals surface area contributed by atoms with Crippen molar-refractivity contribution in [2.24, 2.45) is 0 Å². The van der Waals surface area contributed by atoms with Gasteiger partial charge in [0.15, 0.2) is 9.84 Å². The Labute approximate surface area is 149 Å². The molecule has 1 aromatic carbocycles. The molecule has 1 heterocycles. The van der Waals surface area contributed by atoms with E-state index < -0.39 is 9.84 Å². The maximum Gasteiger partial charge on any atom is 0.246 e. The second-order valence-electron chi connectivity index (χ2n) is 5.92. The van der Waals surface area contributed by atoms with Crippen molar-refractivity contribution in [2.75, 3.05) is 38.4 Å². The van der Waals surface area contributed by atoms with Crippen LogP contribution < -0.4 is 4.74 Å². The van der Waals surface area contributed by atoms with Crippen LogP contribution in [0.25, 0.3) is 6.08 Å². The molecule has 1 amide bonds. The Morgan fingerprint density at radius 3 is 2.60 bits per heavy atom. The Morgan fingerprint density at radius 1 is 1.32 bits per heavy atom. The van der Waals surface area contributed by atoms with Gasteiger partial charge in [-0.25, -0.2) is 8.42 Å². The molecule has 0 unspecified atom stereocenters. The highest BCUT2D eigenvalue weighted by molar-refractivity contribution is 7.91. The molecule has 0 radical (unpaired) electrons. The smallest absolute Gasteiger partial charge is 0.246 e. The molecule has 7 heteroatoms. The average molecular weight is 367 g/mol. The van der Waals surface area contributed by atoms with Gasteiger partial charge in [-0.15, -0.1) is 0 Å². The molecule has 1 aromatic rings. The van der Waals surface area contributed by atoms with Crippen LogP contribution in [-0.2, 0) is 19.4 Å². The molecule has 0 aromatic heterocycles. The van der Waals surface area contributed by atoms with E-state index in [0.717, 1.165) is 11.3 Å². The summed E-state index contributed by atoms with van der Waals surface area (Å²) in [6, 6.07) is 7.15. The van der Waals surface area contributed by atoms with Crippen LogP contribution in [0.2, 0.25) is 0 Å². The second kappa shape index (κ2) is 9.01. The minimum Gasteiger partial charge on any atom is -0.494 e. The number of nitrogens with zero attached hydrogens (tertiary/aromatic N) is 1. The zero-order chi connectivity index (χ0) is 18.3. The van der Waals surface area contributed by atoms with Gasteiger partial charge in [0.1, 0.15) is 5.75 Å². The van der Waals surface area contributed by atoms with Crippen molar-refractivity contribution in [2.45, 2.75) is 19.4 Å². The first-order valence-electron chi connectivity index (χ1n) is 8.36. The van der Waals surface area contributed by atoms with Gasteiger partial charge < -0.3 is 14.4 Å². The quantitative estimate of drug-likeness (QED) is 0.655. The van der Waals surface area contributed by atoms with Crippen LogP contribution in [0.5, 0.6) is 5.75 Å². The van der Waals surface area contributed by atoms with E-state index in [0.29, 0.717) is 26.2 Å². The fraction of sp³-hybridized carbons (Fsp3) is 0.500. The molecule has 138 valence electrons. The lowest BCUT2D eigenvalue weighted by atomic mass is 10.2. The Morgan fingerprint density at radius 2 is 2.04 bits per heavy atom. The number of carbonyl (C=O) groups excluding carboxylic acids is 1. The van der Waals surface area contributed by atoms with Gasteiger partial charge in [0.05, 0.1) is 24.7 Å². The Bertz CT molecular complexity index is 697. The van der Waals surface area contributed by atoms with Crippen molar-refractivity contribution in [1.29, 1.82) is 0 Å². The summed E-state index contributed by atoms with van der Waals surface area (Å²) in [6.07, 6.45) is 3.69. The van der Waals surface area contributed by atoms with Crippen molar-refractivity contribution in [3.63, 3.8) is 0 Å². The summed E-state index contributed by atoms with van der Waals surface area (Å²) < 4.78 is 33.9. The van der Waals surface area contributed by atoms with Gasteiger partial charge in [0.25, 0.3) is 0 Å². The van der Waals surface area contributed by atoms with Crippen molar-refractivity contribution < 1.29 is 22.7 Å². The third-order valence-corrected chi connectivity index (χ3v) is 5.83. The summed E-state index contributed by atoms with van der Waals surface area (Å²) in [5, 5.41) is 0. The summed E-state index contributed by atoms with van der Waals surface area (Å²) in [7, 11) is -1.49. The third kappa shape index (κ3) is 5.86. The number of rotatable bonds is 8. The topological polar surface area (TPSA) is 72.9 Å². The maximum atomic E-state index is 12.6. The Kier molecular flexibility index (Phi) is 7.01. The number of carbonyl (C=O) groups is 1. The predicted molar refractivity (Wildman–Crippen MR) is 97.3 cm³/mol. The molecular formula is C18H25NO5S. The number of ether oxygens (including phenoxy) is 2. The minimum absolute atomic E-state index is 0.0271. The lowest BCUT2D eigenvalue weighted by Gasteiger charge is -2.26. The summed E-state index contributed by atoms with van der Waals surface area (Å²) in [5.74, 6) is 0.744. The molecule has 0 N–H and O–H groups in total. The first kappa shape index (κ1) is 19.5. The molecule has 2 rings (SSSR count). The highest BCUT2D eigenvalue weighted by Gasteiger charge is 2.33. The molecule has 1 aliphatic rings. The van der Waals surface area contributed by atoms with Gasteiger partial charge >= 0.3 is 0 Å². The molecule has 0 saturated carbocycles. The lowest BCUT2D eigenvalue weighted by Crippen LogP contribution is -2.42. The van der Waals surface area contributed by atoms with Crippen LogP contribution in [0.1, 0.15) is 18.9 Å². The number of hydrogen-bond acceptors (Lipinski definition) is 5. The average Bonchev–Trinajstić information content (AvgIpc) is 2.94. The third-order valence-electron chi connectivity index (χ3n) is 4.08. The highest BCUT2D eigenvalue weighted by Crippen LogP contribution is 2.19. The molecule has 1 aliphatic heterocycles.